The highest BCUT2D eigenvalue weighted by Crippen LogP contribution is 2.31. The molecule has 0 unspecified atom stereocenters. The van der Waals surface area contributed by atoms with Crippen molar-refractivity contribution in [3.8, 4) is 22.8 Å². The van der Waals surface area contributed by atoms with Gasteiger partial charge < -0.3 is 14.8 Å². The van der Waals surface area contributed by atoms with Gasteiger partial charge in [-0.05, 0) is 37.3 Å². The zero-order valence-electron chi connectivity index (χ0n) is 11.3. The standard InChI is InChI=1S/C14H17N3O2/c1-4-15-14-8-6-11(16-17-14)10-5-7-12(18-2)13(9-10)19-3/h5-9H,4H2,1-3H3,(H,15,17). The Bertz CT molecular complexity index is 541. The molecule has 0 spiro atoms. The van der Waals surface area contributed by atoms with Gasteiger partial charge in [-0.3, -0.25) is 0 Å². The number of benzene rings is 1. The van der Waals surface area contributed by atoms with Crippen LogP contribution in [0.25, 0.3) is 11.3 Å². The van der Waals surface area contributed by atoms with Gasteiger partial charge in [-0.1, -0.05) is 0 Å². The van der Waals surface area contributed by atoms with E-state index in [9.17, 15) is 0 Å². The molecule has 0 radical (unpaired) electrons. The van der Waals surface area contributed by atoms with Crippen molar-refractivity contribution in [2.24, 2.45) is 0 Å². The first-order valence-electron chi connectivity index (χ1n) is 6.08. The lowest BCUT2D eigenvalue weighted by Gasteiger charge is -2.09. The van der Waals surface area contributed by atoms with Gasteiger partial charge in [0, 0.05) is 12.1 Å². The summed E-state index contributed by atoms with van der Waals surface area (Å²) in [6.07, 6.45) is 0. The Morgan fingerprint density at radius 1 is 1.00 bits per heavy atom. The summed E-state index contributed by atoms with van der Waals surface area (Å²) in [5, 5.41) is 11.4. The largest absolute Gasteiger partial charge is 0.493 e. The van der Waals surface area contributed by atoms with Crippen molar-refractivity contribution in [2.75, 3.05) is 26.1 Å². The molecular formula is C14H17N3O2. The molecule has 0 amide bonds. The molecule has 0 aliphatic heterocycles. The smallest absolute Gasteiger partial charge is 0.161 e. The highest BCUT2D eigenvalue weighted by Gasteiger charge is 2.07. The maximum atomic E-state index is 5.28. The van der Waals surface area contributed by atoms with Crippen LogP contribution in [0, 0.1) is 0 Å². The predicted molar refractivity (Wildman–Crippen MR) is 74.7 cm³/mol. The summed E-state index contributed by atoms with van der Waals surface area (Å²) in [4.78, 5) is 0. The van der Waals surface area contributed by atoms with Gasteiger partial charge >= 0.3 is 0 Å². The molecule has 2 aromatic rings. The molecule has 0 saturated heterocycles. The van der Waals surface area contributed by atoms with Crippen molar-refractivity contribution < 1.29 is 9.47 Å². The van der Waals surface area contributed by atoms with Crippen molar-refractivity contribution in [3.63, 3.8) is 0 Å². The molecule has 100 valence electrons. The number of aromatic nitrogens is 2. The van der Waals surface area contributed by atoms with Gasteiger partial charge in [0.2, 0.25) is 0 Å². The molecule has 0 aliphatic rings. The van der Waals surface area contributed by atoms with E-state index >= 15 is 0 Å². The third-order valence-electron chi connectivity index (χ3n) is 2.70. The molecule has 19 heavy (non-hydrogen) atoms. The van der Waals surface area contributed by atoms with Gasteiger partial charge in [-0.25, -0.2) is 0 Å². The van der Waals surface area contributed by atoms with Crippen LogP contribution in [0.4, 0.5) is 5.82 Å². The Labute approximate surface area is 112 Å². The van der Waals surface area contributed by atoms with E-state index in [1.165, 1.54) is 0 Å². The topological polar surface area (TPSA) is 56.3 Å². The molecule has 0 bridgehead atoms. The summed E-state index contributed by atoms with van der Waals surface area (Å²) >= 11 is 0. The summed E-state index contributed by atoms with van der Waals surface area (Å²) in [5.74, 6) is 2.15. The maximum absolute atomic E-state index is 5.28. The van der Waals surface area contributed by atoms with Crippen molar-refractivity contribution in [2.45, 2.75) is 6.92 Å². The zero-order chi connectivity index (χ0) is 13.7. The Morgan fingerprint density at radius 2 is 1.79 bits per heavy atom. The number of methoxy groups -OCH3 is 2. The fraction of sp³-hybridized carbons (Fsp3) is 0.286. The molecule has 0 aliphatic carbocycles. The van der Waals surface area contributed by atoms with Crippen LogP contribution in [0.3, 0.4) is 0 Å². The van der Waals surface area contributed by atoms with Gasteiger partial charge in [-0.2, -0.15) is 0 Å². The van der Waals surface area contributed by atoms with Gasteiger partial charge in [0.15, 0.2) is 11.5 Å². The van der Waals surface area contributed by atoms with Crippen LogP contribution >= 0.6 is 0 Å². The molecule has 5 heteroatoms. The van der Waals surface area contributed by atoms with Crippen LogP contribution < -0.4 is 14.8 Å². The lowest BCUT2D eigenvalue weighted by molar-refractivity contribution is 0.355. The summed E-state index contributed by atoms with van der Waals surface area (Å²) in [6, 6.07) is 9.50. The van der Waals surface area contributed by atoms with Gasteiger partial charge in [-0.15, -0.1) is 10.2 Å². The molecule has 5 nitrogen and oxygen atoms in total. The zero-order valence-corrected chi connectivity index (χ0v) is 11.3. The molecule has 1 aromatic carbocycles. The first-order valence-corrected chi connectivity index (χ1v) is 6.08. The quantitative estimate of drug-likeness (QED) is 0.894. The Morgan fingerprint density at radius 3 is 2.37 bits per heavy atom. The molecule has 0 fully saturated rings. The van der Waals surface area contributed by atoms with E-state index in [0.29, 0.717) is 11.5 Å². The first-order chi connectivity index (χ1) is 9.28. The second-order valence-corrected chi connectivity index (χ2v) is 3.90. The average Bonchev–Trinajstić information content (AvgIpc) is 2.47. The lowest BCUT2D eigenvalue weighted by atomic mass is 10.1. The van der Waals surface area contributed by atoms with Crippen LogP contribution in [0.15, 0.2) is 30.3 Å². The van der Waals surface area contributed by atoms with Crippen molar-refractivity contribution in [3.05, 3.63) is 30.3 Å². The van der Waals surface area contributed by atoms with Crippen LogP contribution in [0.5, 0.6) is 11.5 Å². The minimum absolute atomic E-state index is 0.678. The Kier molecular flexibility index (Phi) is 4.18. The molecule has 1 aromatic heterocycles. The monoisotopic (exact) mass is 259 g/mol. The molecule has 0 saturated carbocycles. The van der Waals surface area contributed by atoms with Crippen LogP contribution in [0.1, 0.15) is 6.92 Å². The van der Waals surface area contributed by atoms with Gasteiger partial charge in [0.1, 0.15) is 5.82 Å². The number of ether oxygens (including phenoxy) is 2. The highest BCUT2D eigenvalue weighted by atomic mass is 16.5. The second kappa shape index (κ2) is 6.04. The van der Waals surface area contributed by atoms with Gasteiger partial charge in [0.05, 0.1) is 19.9 Å². The molecular weight excluding hydrogens is 242 g/mol. The van der Waals surface area contributed by atoms with E-state index in [1.807, 2.05) is 37.3 Å². The van der Waals surface area contributed by atoms with Crippen molar-refractivity contribution in [1.82, 2.24) is 10.2 Å². The Hall–Kier alpha value is -2.30. The van der Waals surface area contributed by atoms with Crippen LogP contribution in [-0.4, -0.2) is 31.0 Å². The first kappa shape index (κ1) is 13.1. The fourth-order valence-electron chi connectivity index (χ4n) is 1.76. The third-order valence-corrected chi connectivity index (χ3v) is 2.70. The summed E-state index contributed by atoms with van der Waals surface area (Å²) in [7, 11) is 3.23. The summed E-state index contributed by atoms with van der Waals surface area (Å²) < 4.78 is 10.5. The van der Waals surface area contributed by atoms with E-state index in [2.05, 4.69) is 15.5 Å². The van der Waals surface area contributed by atoms with E-state index in [0.717, 1.165) is 23.6 Å². The number of rotatable bonds is 5. The minimum Gasteiger partial charge on any atom is -0.493 e. The highest BCUT2D eigenvalue weighted by molar-refractivity contribution is 5.64. The number of nitrogens with one attached hydrogen (secondary N) is 1. The van der Waals surface area contributed by atoms with E-state index in [-0.39, 0.29) is 0 Å². The second-order valence-electron chi connectivity index (χ2n) is 3.90. The molecule has 1 heterocycles. The van der Waals surface area contributed by atoms with Crippen molar-refractivity contribution >= 4 is 5.82 Å². The van der Waals surface area contributed by atoms with Gasteiger partial charge in [0.25, 0.3) is 0 Å². The normalized spacial score (nSPS) is 10.1. The number of hydrogen-bond acceptors (Lipinski definition) is 5. The van der Waals surface area contributed by atoms with Crippen molar-refractivity contribution in [1.29, 1.82) is 0 Å². The maximum Gasteiger partial charge on any atom is 0.161 e. The molecule has 2 rings (SSSR count). The SMILES string of the molecule is CCNc1ccc(-c2ccc(OC)c(OC)c2)nn1. The summed E-state index contributed by atoms with van der Waals surface area (Å²) in [5.41, 5.74) is 1.73. The number of anilines is 1. The van der Waals surface area contributed by atoms with E-state index in [4.69, 9.17) is 9.47 Å². The average molecular weight is 259 g/mol. The molecule has 0 atom stereocenters. The van der Waals surface area contributed by atoms with E-state index < -0.39 is 0 Å². The number of hydrogen-bond donors (Lipinski definition) is 1. The fourth-order valence-corrected chi connectivity index (χ4v) is 1.76. The minimum atomic E-state index is 0.678. The number of nitrogens with zero attached hydrogens (tertiary/aromatic N) is 2. The summed E-state index contributed by atoms with van der Waals surface area (Å²) in [6.45, 7) is 2.84. The van der Waals surface area contributed by atoms with E-state index in [1.54, 1.807) is 14.2 Å². The third kappa shape index (κ3) is 2.93. The predicted octanol–water partition coefficient (Wildman–Crippen LogP) is 2.59. The lowest BCUT2D eigenvalue weighted by Crippen LogP contribution is -2.00. The van der Waals surface area contributed by atoms with Crippen LogP contribution in [0.2, 0.25) is 0 Å². The Balaban J connectivity index is 2.30. The van der Waals surface area contributed by atoms with Crippen LogP contribution in [-0.2, 0) is 0 Å². The molecule has 1 N–H and O–H groups in total.